The summed E-state index contributed by atoms with van der Waals surface area (Å²) in [4.78, 5) is 0. The van der Waals surface area contributed by atoms with Crippen LogP contribution in [0.15, 0.2) is 91.0 Å². The third kappa shape index (κ3) is 3.38. The van der Waals surface area contributed by atoms with Gasteiger partial charge in [0.05, 0.1) is 0 Å². The number of rotatable bonds is 1. The van der Waals surface area contributed by atoms with Gasteiger partial charge in [-0.1, -0.05) is 66.4 Å². The zero-order valence-electron chi connectivity index (χ0n) is 15.5. The molecule has 0 heterocycles. The monoisotopic (exact) mass is 552 g/mol. The van der Waals surface area contributed by atoms with Crippen LogP contribution < -0.4 is 0 Å². The Morgan fingerprint density at radius 3 is 1.93 bits per heavy atom. The minimum Gasteiger partial charge on any atom is -0.197 e. The number of halogens is 1. The Morgan fingerprint density at radius 1 is 0.586 bits per heavy atom. The molecule has 0 nitrogen and oxygen atoms in total. The predicted octanol–water partition coefficient (Wildman–Crippen LogP) is 7.87. The Balaban J connectivity index is 0.00000102. The topological polar surface area (TPSA) is 0 Å². The molecule has 2 heteroatoms. The first kappa shape index (κ1) is 20.4. The van der Waals surface area contributed by atoms with Gasteiger partial charge in [-0.3, -0.25) is 0 Å². The van der Waals surface area contributed by atoms with Gasteiger partial charge in [0.2, 0.25) is 0 Å². The average molecular weight is 553 g/mol. The van der Waals surface area contributed by atoms with Crippen molar-refractivity contribution in [3.63, 3.8) is 0 Å². The summed E-state index contributed by atoms with van der Waals surface area (Å²) in [7, 11) is 0. The summed E-state index contributed by atoms with van der Waals surface area (Å²) in [5, 5.41) is 10.4. The van der Waals surface area contributed by atoms with Gasteiger partial charge in [0.25, 0.3) is 0 Å². The van der Waals surface area contributed by atoms with E-state index in [0.717, 1.165) is 6.42 Å². The van der Waals surface area contributed by atoms with E-state index in [0.29, 0.717) is 0 Å². The van der Waals surface area contributed by atoms with E-state index in [9.17, 15) is 0 Å². The first-order valence-electron chi connectivity index (χ1n) is 9.43. The molecule has 0 saturated heterocycles. The van der Waals surface area contributed by atoms with E-state index >= 15 is 0 Å². The van der Waals surface area contributed by atoms with Gasteiger partial charge in [0, 0.05) is 36.9 Å². The van der Waals surface area contributed by atoms with Crippen LogP contribution in [0, 0.1) is 43.0 Å². The van der Waals surface area contributed by atoms with E-state index in [1.54, 1.807) is 0 Å². The molecule has 5 aromatic rings. The van der Waals surface area contributed by atoms with Crippen LogP contribution in [-0.2, 0) is 0 Å². The smallest absolute Gasteiger partial charge is 0 e. The van der Waals surface area contributed by atoms with Crippen LogP contribution in [0.3, 0.4) is 0 Å². The van der Waals surface area contributed by atoms with E-state index in [-0.39, 0.29) is 49.3 Å². The molecule has 0 aromatic heterocycles. The van der Waals surface area contributed by atoms with Crippen molar-refractivity contribution in [1.29, 1.82) is 0 Å². The molecule has 0 N–H and O–H groups in total. The number of allylic oxidation sites excluding steroid dienone is 4. The van der Waals surface area contributed by atoms with Crippen LogP contribution in [0.25, 0.3) is 48.7 Å². The van der Waals surface area contributed by atoms with E-state index in [4.69, 9.17) is 0 Å². The molecular weight excluding hydrogens is 535 g/mol. The fraction of sp³-hybridized carbons (Fsp3) is 0.0370. The molecular formula is C27H18ClLu-. The van der Waals surface area contributed by atoms with Gasteiger partial charge >= 0.3 is 0 Å². The molecule has 0 spiro atoms. The van der Waals surface area contributed by atoms with Gasteiger partial charge in [0.15, 0.2) is 0 Å². The molecule has 0 fully saturated rings. The molecule has 6 rings (SSSR count). The minimum absolute atomic E-state index is 0. The molecule has 0 saturated carbocycles. The van der Waals surface area contributed by atoms with E-state index in [1.165, 1.54) is 54.2 Å². The molecule has 1 aliphatic rings. The largest absolute Gasteiger partial charge is 0.197 e. The van der Waals surface area contributed by atoms with Gasteiger partial charge < -0.3 is 0 Å². The third-order valence-electron chi connectivity index (χ3n) is 5.69. The number of hydrogen-bond donors (Lipinski definition) is 0. The van der Waals surface area contributed by atoms with Gasteiger partial charge in [-0.2, -0.15) is 17.7 Å². The molecule has 0 atom stereocenters. The van der Waals surface area contributed by atoms with Crippen LogP contribution in [0.1, 0.15) is 12.0 Å². The summed E-state index contributed by atoms with van der Waals surface area (Å²) in [5.74, 6) is 0. The second kappa shape index (κ2) is 8.11. The summed E-state index contributed by atoms with van der Waals surface area (Å²) in [6, 6.07) is 29.0. The van der Waals surface area contributed by atoms with Crippen LogP contribution in [-0.4, -0.2) is 0 Å². The first-order chi connectivity index (χ1) is 13.4. The summed E-state index contributed by atoms with van der Waals surface area (Å²) in [6.45, 7) is 0. The Bertz CT molecular complexity index is 1440. The second-order valence-electron chi connectivity index (χ2n) is 7.28. The quantitative estimate of drug-likeness (QED) is 0.113. The van der Waals surface area contributed by atoms with E-state index in [1.807, 2.05) is 0 Å². The van der Waals surface area contributed by atoms with Crippen molar-refractivity contribution in [2.75, 3.05) is 0 Å². The standard InChI is InChI=1S/C27H17.ClH.Lu/c1-2-7-18(6-1)24-11-5-10-21-15-23-13-12-22-14-19-8-3-4-9-20(19)16-25(22)27(23)17-26(21)24;;/h1,3-6,8-17H,2H2;1H;/q-1;;. The summed E-state index contributed by atoms with van der Waals surface area (Å²) in [5.41, 5.74) is 2.49. The van der Waals surface area contributed by atoms with E-state index < -0.39 is 0 Å². The first-order valence-corrected chi connectivity index (χ1v) is 9.43. The second-order valence-corrected chi connectivity index (χ2v) is 7.28. The summed E-state index contributed by atoms with van der Waals surface area (Å²) < 4.78 is 0. The molecule has 1 aliphatic carbocycles. The van der Waals surface area contributed by atoms with Crippen molar-refractivity contribution in [3.05, 3.63) is 103 Å². The minimum atomic E-state index is 0. The molecule has 1 radical (unpaired) electrons. The van der Waals surface area contributed by atoms with Crippen molar-refractivity contribution in [2.24, 2.45) is 0 Å². The Kier molecular flexibility index (Phi) is 5.71. The number of fused-ring (bicyclic) bond motifs is 5. The Hall–Kier alpha value is -1.86. The molecule has 0 amide bonds. The fourth-order valence-electron chi connectivity index (χ4n) is 4.35. The average Bonchev–Trinajstić information content (AvgIpc) is 3.25. The molecule has 0 aliphatic heterocycles. The van der Waals surface area contributed by atoms with Gasteiger partial charge in [0.1, 0.15) is 0 Å². The number of hydrogen-bond acceptors (Lipinski definition) is 0. The fourth-order valence-corrected chi connectivity index (χ4v) is 4.35. The predicted molar refractivity (Wildman–Crippen MR) is 124 cm³/mol. The van der Waals surface area contributed by atoms with Crippen LogP contribution in [0.5, 0.6) is 0 Å². The maximum atomic E-state index is 3.48. The number of benzene rings is 5. The van der Waals surface area contributed by atoms with Crippen LogP contribution in [0.4, 0.5) is 0 Å². The van der Waals surface area contributed by atoms with Gasteiger partial charge in [-0.15, -0.1) is 30.1 Å². The summed E-state index contributed by atoms with van der Waals surface area (Å²) >= 11 is 0. The van der Waals surface area contributed by atoms with Crippen molar-refractivity contribution in [3.8, 4) is 0 Å². The molecule has 0 unspecified atom stereocenters. The molecule has 29 heavy (non-hydrogen) atoms. The van der Waals surface area contributed by atoms with Crippen LogP contribution in [0.2, 0.25) is 0 Å². The zero-order chi connectivity index (χ0) is 17.8. The van der Waals surface area contributed by atoms with Gasteiger partial charge in [-0.05, 0) is 55.9 Å². The third-order valence-corrected chi connectivity index (χ3v) is 5.69. The zero-order valence-corrected chi connectivity index (χ0v) is 18.0. The van der Waals surface area contributed by atoms with Crippen molar-refractivity contribution >= 4 is 61.1 Å². The maximum Gasteiger partial charge on any atom is 0 e. The SMILES string of the molecule is Cl.[C-]1=C(c2cccc3cc4ccc5cc6ccccc6cc5c4cc23)C=CC1.[Lu]. The van der Waals surface area contributed by atoms with Crippen molar-refractivity contribution in [1.82, 2.24) is 0 Å². The molecule has 5 aromatic carbocycles. The summed E-state index contributed by atoms with van der Waals surface area (Å²) in [6.07, 6.45) is 8.76. The van der Waals surface area contributed by atoms with E-state index in [2.05, 4.69) is 97.1 Å². The molecule has 0 bridgehead atoms. The van der Waals surface area contributed by atoms with Crippen molar-refractivity contribution < 1.29 is 36.9 Å². The van der Waals surface area contributed by atoms with Crippen LogP contribution >= 0.6 is 12.4 Å². The van der Waals surface area contributed by atoms with Crippen molar-refractivity contribution in [2.45, 2.75) is 6.42 Å². The maximum absolute atomic E-state index is 3.48. The normalized spacial score (nSPS) is 12.9. The van der Waals surface area contributed by atoms with Gasteiger partial charge in [-0.25, -0.2) is 0 Å². The Labute approximate surface area is 205 Å². The Morgan fingerprint density at radius 2 is 1.21 bits per heavy atom. The molecule has 149 valence electrons.